The first kappa shape index (κ1) is 24.0. The van der Waals surface area contributed by atoms with Gasteiger partial charge >= 0.3 is 0 Å². The van der Waals surface area contributed by atoms with E-state index in [0.29, 0.717) is 17.9 Å². The molecule has 182 valence electrons. The van der Waals surface area contributed by atoms with E-state index in [1.807, 2.05) is 0 Å². The monoisotopic (exact) mass is 501 g/mol. The van der Waals surface area contributed by atoms with Crippen LogP contribution in [0.4, 0.5) is 21.5 Å². The van der Waals surface area contributed by atoms with Gasteiger partial charge in [0.15, 0.2) is 11.5 Å². The maximum atomic E-state index is 13.6. The molecule has 35 heavy (non-hydrogen) atoms. The topological polar surface area (TPSA) is 128 Å². The number of sulfonamides is 1. The minimum Gasteiger partial charge on any atom is -0.486 e. The van der Waals surface area contributed by atoms with Crippen LogP contribution in [0.2, 0.25) is 0 Å². The molecule has 1 amide bonds. The lowest BCUT2D eigenvalue weighted by molar-refractivity contribution is -0.384. The van der Waals surface area contributed by atoms with Gasteiger partial charge in [-0.25, -0.2) is 12.8 Å². The molecule has 10 nitrogen and oxygen atoms in total. The number of hydrogen-bond acceptors (Lipinski definition) is 7. The SMILES string of the molecule is Cc1ccc([N+](=O)[O-])cc1NC(=O)CN(c1ccc(F)cc1)S(=O)(=O)c1ccc2c(c1)OCCO2. The van der Waals surface area contributed by atoms with Crippen LogP contribution in [-0.4, -0.2) is 39.0 Å². The Balaban J connectivity index is 1.67. The minimum absolute atomic E-state index is 0.0483. The molecule has 0 aromatic heterocycles. The number of amides is 1. The summed E-state index contributed by atoms with van der Waals surface area (Å²) in [6.07, 6.45) is 0. The van der Waals surface area contributed by atoms with E-state index in [0.717, 1.165) is 16.4 Å². The van der Waals surface area contributed by atoms with E-state index < -0.39 is 33.2 Å². The Morgan fingerprint density at radius 3 is 2.43 bits per heavy atom. The van der Waals surface area contributed by atoms with Gasteiger partial charge in [-0.15, -0.1) is 0 Å². The predicted octanol–water partition coefficient (Wildman–Crippen LogP) is 3.65. The summed E-state index contributed by atoms with van der Waals surface area (Å²) in [4.78, 5) is 23.2. The molecule has 3 aromatic rings. The van der Waals surface area contributed by atoms with Crippen molar-refractivity contribution in [2.75, 3.05) is 29.4 Å². The van der Waals surface area contributed by atoms with Crippen molar-refractivity contribution in [3.8, 4) is 11.5 Å². The molecular weight excluding hydrogens is 481 g/mol. The molecule has 12 heteroatoms. The van der Waals surface area contributed by atoms with Crippen LogP contribution in [0.15, 0.2) is 65.6 Å². The second-order valence-electron chi connectivity index (χ2n) is 7.60. The zero-order chi connectivity index (χ0) is 25.2. The number of ether oxygens (including phenoxy) is 2. The van der Waals surface area contributed by atoms with Crippen LogP contribution < -0.4 is 19.1 Å². The van der Waals surface area contributed by atoms with Gasteiger partial charge in [-0.2, -0.15) is 0 Å². The highest BCUT2D eigenvalue weighted by atomic mass is 32.2. The zero-order valence-electron chi connectivity index (χ0n) is 18.4. The highest BCUT2D eigenvalue weighted by molar-refractivity contribution is 7.92. The van der Waals surface area contributed by atoms with Crippen molar-refractivity contribution in [2.45, 2.75) is 11.8 Å². The van der Waals surface area contributed by atoms with Crippen molar-refractivity contribution >= 4 is 33.0 Å². The van der Waals surface area contributed by atoms with Gasteiger partial charge in [0, 0.05) is 18.2 Å². The van der Waals surface area contributed by atoms with E-state index in [9.17, 15) is 27.7 Å². The number of carbonyl (C=O) groups excluding carboxylic acids is 1. The fourth-order valence-electron chi connectivity index (χ4n) is 3.41. The number of non-ortho nitro benzene ring substituents is 1. The molecule has 3 aromatic carbocycles. The lowest BCUT2D eigenvalue weighted by Crippen LogP contribution is -2.38. The predicted molar refractivity (Wildman–Crippen MR) is 125 cm³/mol. The number of aryl methyl sites for hydroxylation is 1. The van der Waals surface area contributed by atoms with Crippen LogP contribution in [0, 0.1) is 22.9 Å². The standard InChI is InChI=1S/C23H20FN3O7S/c1-15-2-5-18(27(29)30)12-20(15)25-23(28)14-26(17-6-3-16(24)4-7-17)35(31,32)19-8-9-21-22(13-19)34-11-10-33-21/h2-9,12-13H,10-11,14H2,1H3,(H,25,28). The fourth-order valence-corrected chi connectivity index (χ4v) is 4.85. The molecule has 0 saturated heterocycles. The molecule has 1 N–H and O–H groups in total. The van der Waals surface area contributed by atoms with E-state index in [-0.39, 0.29) is 34.3 Å². The van der Waals surface area contributed by atoms with Crippen LogP contribution in [0.5, 0.6) is 11.5 Å². The van der Waals surface area contributed by atoms with Crippen LogP contribution in [-0.2, 0) is 14.8 Å². The van der Waals surface area contributed by atoms with E-state index in [2.05, 4.69) is 5.32 Å². The molecule has 0 aliphatic carbocycles. The number of nitrogens with zero attached hydrogens (tertiary/aromatic N) is 2. The fraction of sp³-hybridized carbons (Fsp3) is 0.174. The van der Waals surface area contributed by atoms with Crippen molar-refractivity contribution in [3.05, 3.63) is 82.2 Å². The first-order chi connectivity index (χ1) is 16.6. The van der Waals surface area contributed by atoms with E-state index in [4.69, 9.17) is 9.47 Å². The average molecular weight is 501 g/mol. The number of halogens is 1. The number of benzene rings is 3. The number of nitro benzene ring substituents is 1. The molecule has 1 heterocycles. The van der Waals surface area contributed by atoms with Gasteiger partial charge in [0.1, 0.15) is 25.6 Å². The summed E-state index contributed by atoms with van der Waals surface area (Å²) in [7, 11) is -4.31. The Morgan fingerprint density at radius 1 is 1.06 bits per heavy atom. The van der Waals surface area contributed by atoms with Crippen LogP contribution >= 0.6 is 0 Å². The Bertz CT molecular complexity index is 1390. The maximum absolute atomic E-state index is 13.6. The molecule has 0 bridgehead atoms. The smallest absolute Gasteiger partial charge is 0.271 e. The largest absolute Gasteiger partial charge is 0.486 e. The van der Waals surface area contributed by atoms with Crippen molar-refractivity contribution in [2.24, 2.45) is 0 Å². The molecular formula is C23H20FN3O7S. The Labute approximate surface area is 200 Å². The lowest BCUT2D eigenvalue weighted by atomic mass is 10.2. The Kier molecular flexibility index (Phi) is 6.56. The van der Waals surface area contributed by atoms with Crippen LogP contribution in [0.1, 0.15) is 5.56 Å². The van der Waals surface area contributed by atoms with Gasteiger partial charge in [0.05, 0.1) is 21.2 Å². The molecule has 0 atom stereocenters. The normalized spacial score (nSPS) is 12.6. The third-order valence-corrected chi connectivity index (χ3v) is 6.98. The number of fused-ring (bicyclic) bond motifs is 1. The summed E-state index contributed by atoms with van der Waals surface area (Å²) in [5.41, 5.74) is 0.532. The number of anilines is 2. The summed E-state index contributed by atoms with van der Waals surface area (Å²) >= 11 is 0. The molecule has 0 spiro atoms. The second-order valence-corrected chi connectivity index (χ2v) is 9.46. The van der Waals surface area contributed by atoms with E-state index in [1.54, 1.807) is 6.92 Å². The summed E-state index contributed by atoms with van der Waals surface area (Å²) < 4.78 is 52.4. The first-order valence-corrected chi connectivity index (χ1v) is 11.8. The van der Waals surface area contributed by atoms with Crippen molar-refractivity contribution in [3.63, 3.8) is 0 Å². The second kappa shape index (κ2) is 9.58. The number of nitrogens with one attached hydrogen (secondary N) is 1. The molecule has 1 aliphatic rings. The lowest BCUT2D eigenvalue weighted by Gasteiger charge is -2.25. The Morgan fingerprint density at radius 2 is 1.74 bits per heavy atom. The van der Waals surface area contributed by atoms with Crippen molar-refractivity contribution < 1.29 is 32.0 Å². The molecule has 0 saturated carbocycles. The average Bonchev–Trinajstić information content (AvgIpc) is 2.84. The van der Waals surface area contributed by atoms with Crippen LogP contribution in [0.25, 0.3) is 0 Å². The summed E-state index contributed by atoms with van der Waals surface area (Å²) in [5, 5.41) is 13.6. The molecule has 0 fully saturated rings. The molecule has 1 aliphatic heterocycles. The highest BCUT2D eigenvalue weighted by Gasteiger charge is 2.29. The van der Waals surface area contributed by atoms with Gasteiger partial charge in [0.2, 0.25) is 5.91 Å². The number of hydrogen-bond donors (Lipinski definition) is 1. The molecule has 0 radical (unpaired) electrons. The number of nitro groups is 1. The van der Waals surface area contributed by atoms with E-state index in [1.165, 1.54) is 48.5 Å². The van der Waals surface area contributed by atoms with Gasteiger partial charge in [-0.1, -0.05) is 6.07 Å². The van der Waals surface area contributed by atoms with Gasteiger partial charge in [0.25, 0.3) is 15.7 Å². The van der Waals surface area contributed by atoms with Gasteiger partial charge in [-0.05, 0) is 48.9 Å². The number of rotatable bonds is 7. The third-order valence-electron chi connectivity index (χ3n) is 5.21. The maximum Gasteiger partial charge on any atom is 0.271 e. The van der Waals surface area contributed by atoms with E-state index >= 15 is 0 Å². The quantitative estimate of drug-likeness (QED) is 0.387. The van der Waals surface area contributed by atoms with Gasteiger partial charge < -0.3 is 14.8 Å². The summed E-state index contributed by atoms with van der Waals surface area (Å²) in [6.45, 7) is 1.55. The number of carbonyl (C=O) groups is 1. The van der Waals surface area contributed by atoms with Gasteiger partial charge in [-0.3, -0.25) is 19.2 Å². The molecule has 0 unspecified atom stereocenters. The Hall–Kier alpha value is -4.19. The van der Waals surface area contributed by atoms with Crippen LogP contribution in [0.3, 0.4) is 0 Å². The first-order valence-electron chi connectivity index (χ1n) is 10.4. The third kappa shape index (κ3) is 5.17. The van der Waals surface area contributed by atoms with Crippen molar-refractivity contribution in [1.82, 2.24) is 0 Å². The zero-order valence-corrected chi connectivity index (χ0v) is 19.2. The van der Waals surface area contributed by atoms with Crippen molar-refractivity contribution in [1.29, 1.82) is 0 Å². The summed E-state index contributed by atoms with van der Waals surface area (Å²) in [6, 6.07) is 12.6. The minimum atomic E-state index is -4.31. The molecule has 4 rings (SSSR count). The summed E-state index contributed by atoms with van der Waals surface area (Å²) in [5.74, 6) is -0.698. The highest BCUT2D eigenvalue weighted by Crippen LogP contribution is 2.34.